The summed E-state index contributed by atoms with van der Waals surface area (Å²) in [7, 11) is 0. The fourth-order valence-corrected chi connectivity index (χ4v) is 4.45. The molecule has 2 unspecified atom stereocenters. The minimum atomic E-state index is -0.976. The molecular weight excluding hydrogens is 436 g/mol. The minimum absolute atomic E-state index is 0.257. The van der Waals surface area contributed by atoms with Crippen molar-refractivity contribution in [3.8, 4) is 11.1 Å². The molecule has 0 bridgehead atoms. The van der Waals surface area contributed by atoms with E-state index in [2.05, 4.69) is 25.1 Å². The predicted molar refractivity (Wildman–Crippen MR) is 134 cm³/mol. The van der Waals surface area contributed by atoms with Gasteiger partial charge in [-0.25, -0.2) is 0 Å². The lowest BCUT2D eigenvalue weighted by atomic mass is 9.79. The van der Waals surface area contributed by atoms with Crippen molar-refractivity contribution in [2.45, 2.75) is 78.6 Å². The quantitative estimate of drug-likeness (QED) is 0.470. The number of halogens is 1. The Morgan fingerprint density at radius 1 is 1.09 bits per heavy atom. The van der Waals surface area contributed by atoms with Crippen molar-refractivity contribution in [3.63, 3.8) is 0 Å². The van der Waals surface area contributed by atoms with Crippen LogP contribution in [0.4, 0.5) is 0 Å². The molecule has 5 heteroatoms. The van der Waals surface area contributed by atoms with E-state index in [4.69, 9.17) is 21.1 Å². The first kappa shape index (κ1) is 25.5. The monoisotopic (exact) mass is 470 g/mol. The molecule has 0 radical (unpaired) electrons. The number of benzene rings is 2. The molecule has 0 amide bonds. The van der Waals surface area contributed by atoms with E-state index in [0.717, 1.165) is 28.7 Å². The number of hydrogen-bond acceptors (Lipinski definition) is 4. The second kappa shape index (κ2) is 9.61. The van der Waals surface area contributed by atoms with Crippen molar-refractivity contribution in [2.75, 3.05) is 0 Å². The Labute approximate surface area is 202 Å². The van der Waals surface area contributed by atoms with E-state index in [1.807, 2.05) is 65.8 Å². The zero-order valence-corrected chi connectivity index (χ0v) is 21.4. The van der Waals surface area contributed by atoms with Gasteiger partial charge in [-0.15, -0.1) is 0 Å². The standard InChI is InChI=1S/C28H35ClO4/c1-8-17(3)26(31)32-25-23(24(30)27(4,5)33-28(25,6)7)22-16-20(11-10-18(22)9-2)19-12-14-21(29)15-13-19/h10-17,24,30H,8-9H2,1-7H3. The first-order chi connectivity index (χ1) is 15.4. The van der Waals surface area contributed by atoms with Crippen LogP contribution < -0.4 is 0 Å². The number of carbonyl (C=O) groups excluding carboxylic acids is 1. The van der Waals surface area contributed by atoms with Crippen LogP contribution in [-0.2, 0) is 20.7 Å². The van der Waals surface area contributed by atoms with Gasteiger partial charge in [0.15, 0.2) is 0 Å². The molecule has 4 nitrogen and oxygen atoms in total. The van der Waals surface area contributed by atoms with Crippen LogP contribution in [0, 0.1) is 5.92 Å². The zero-order chi connectivity index (χ0) is 24.6. The highest BCUT2D eigenvalue weighted by molar-refractivity contribution is 6.30. The highest BCUT2D eigenvalue weighted by Crippen LogP contribution is 2.45. The number of aliphatic hydroxyl groups excluding tert-OH is 1. The highest BCUT2D eigenvalue weighted by Gasteiger charge is 2.49. The summed E-state index contributed by atoms with van der Waals surface area (Å²) in [6, 6.07) is 13.9. The van der Waals surface area contributed by atoms with Gasteiger partial charge < -0.3 is 14.6 Å². The molecule has 0 spiro atoms. The molecule has 1 N–H and O–H groups in total. The van der Waals surface area contributed by atoms with Gasteiger partial charge in [-0.3, -0.25) is 4.79 Å². The Hall–Kier alpha value is -2.14. The van der Waals surface area contributed by atoms with Gasteiger partial charge in [-0.1, -0.05) is 56.6 Å². The Morgan fingerprint density at radius 3 is 2.27 bits per heavy atom. The smallest absolute Gasteiger partial charge is 0.313 e. The van der Waals surface area contributed by atoms with E-state index >= 15 is 0 Å². The predicted octanol–water partition coefficient (Wildman–Crippen LogP) is 6.82. The van der Waals surface area contributed by atoms with E-state index < -0.39 is 17.3 Å². The average Bonchev–Trinajstić information content (AvgIpc) is 2.76. The fourth-order valence-electron chi connectivity index (χ4n) is 4.33. The summed E-state index contributed by atoms with van der Waals surface area (Å²) in [4.78, 5) is 12.8. The Balaban J connectivity index is 2.27. The van der Waals surface area contributed by atoms with Crippen LogP contribution in [0.3, 0.4) is 0 Å². The normalized spacial score (nSPS) is 20.5. The molecule has 1 aliphatic heterocycles. The van der Waals surface area contributed by atoms with E-state index in [9.17, 15) is 9.90 Å². The maximum atomic E-state index is 12.8. The van der Waals surface area contributed by atoms with Crippen molar-refractivity contribution < 1.29 is 19.4 Å². The molecule has 2 aromatic carbocycles. The summed E-state index contributed by atoms with van der Waals surface area (Å²) >= 11 is 6.08. The van der Waals surface area contributed by atoms with Gasteiger partial charge in [-0.2, -0.15) is 0 Å². The summed E-state index contributed by atoms with van der Waals surface area (Å²) in [6.45, 7) is 13.4. The number of hydrogen-bond donors (Lipinski definition) is 1. The summed E-state index contributed by atoms with van der Waals surface area (Å²) in [5, 5.41) is 12.2. The first-order valence-corrected chi connectivity index (χ1v) is 12.0. The molecule has 3 rings (SSSR count). The largest absolute Gasteiger partial charge is 0.427 e. The van der Waals surface area contributed by atoms with Crippen LogP contribution >= 0.6 is 11.6 Å². The molecule has 0 saturated heterocycles. The Kier molecular flexibility index (Phi) is 7.42. The molecule has 0 saturated carbocycles. The number of carbonyl (C=O) groups is 1. The lowest BCUT2D eigenvalue weighted by molar-refractivity contribution is -0.178. The number of aryl methyl sites for hydroxylation is 1. The Morgan fingerprint density at radius 2 is 1.70 bits per heavy atom. The van der Waals surface area contributed by atoms with E-state index in [1.54, 1.807) is 0 Å². The summed E-state index contributed by atoms with van der Waals surface area (Å²) in [5.74, 6) is -0.198. The second-order valence-electron chi connectivity index (χ2n) is 9.82. The fraction of sp³-hybridized carbons (Fsp3) is 0.464. The molecular formula is C28H35ClO4. The van der Waals surface area contributed by atoms with Gasteiger partial charge in [0, 0.05) is 10.6 Å². The van der Waals surface area contributed by atoms with Gasteiger partial charge in [-0.05, 0) is 81.0 Å². The van der Waals surface area contributed by atoms with E-state index in [-0.39, 0.29) is 11.9 Å². The number of rotatable bonds is 6. The van der Waals surface area contributed by atoms with Crippen molar-refractivity contribution in [1.82, 2.24) is 0 Å². The van der Waals surface area contributed by atoms with E-state index in [1.165, 1.54) is 0 Å². The van der Waals surface area contributed by atoms with Crippen LogP contribution in [0.15, 0.2) is 48.2 Å². The zero-order valence-electron chi connectivity index (χ0n) is 20.7. The number of ether oxygens (including phenoxy) is 2. The molecule has 1 heterocycles. The molecule has 0 fully saturated rings. The van der Waals surface area contributed by atoms with Gasteiger partial charge in [0.25, 0.3) is 0 Å². The SMILES string of the molecule is CCc1ccc(-c2ccc(Cl)cc2)cc1C1=C(OC(=O)C(C)CC)C(C)(C)OC(C)(C)C1O. The van der Waals surface area contributed by atoms with Crippen molar-refractivity contribution >= 4 is 23.1 Å². The topological polar surface area (TPSA) is 55.8 Å². The van der Waals surface area contributed by atoms with Crippen LogP contribution in [0.2, 0.25) is 5.02 Å². The summed E-state index contributed by atoms with van der Waals surface area (Å²) in [6.07, 6.45) is 0.458. The average molecular weight is 471 g/mol. The molecule has 0 aromatic heterocycles. The van der Waals surface area contributed by atoms with Crippen molar-refractivity contribution in [3.05, 3.63) is 64.4 Å². The highest BCUT2D eigenvalue weighted by atomic mass is 35.5. The Bertz CT molecular complexity index is 1050. The molecule has 0 aliphatic carbocycles. The maximum absolute atomic E-state index is 12.8. The molecule has 2 aromatic rings. The van der Waals surface area contributed by atoms with Gasteiger partial charge in [0.05, 0.1) is 11.5 Å². The minimum Gasteiger partial charge on any atom is -0.427 e. The lowest BCUT2D eigenvalue weighted by Crippen LogP contribution is -2.52. The van der Waals surface area contributed by atoms with Crippen molar-refractivity contribution in [2.24, 2.45) is 5.92 Å². The van der Waals surface area contributed by atoms with Crippen LogP contribution in [0.5, 0.6) is 0 Å². The molecule has 178 valence electrons. The number of aliphatic hydroxyl groups is 1. The number of esters is 1. The molecule has 1 aliphatic rings. The first-order valence-electron chi connectivity index (χ1n) is 11.6. The lowest BCUT2D eigenvalue weighted by Gasteiger charge is -2.46. The maximum Gasteiger partial charge on any atom is 0.313 e. The van der Waals surface area contributed by atoms with Gasteiger partial charge in [0.2, 0.25) is 0 Å². The third-order valence-electron chi connectivity index (χ3n) is 6.42. The van der Waals surface area contributed by atoms with Crippen molar-refractivity contribution in [1.29, 1.82) is 0 Å². The van der Waals surface area contributed by atoms with Crippen LogP contribution in [0.25, 0.3) is 16.7 Å². The molecule has 33 heavy (non-hydrogen) atoms. The summed E-state index contributed by atoms with van der Waals surface area (Å²) < 4.78 is 12.2. The second-order valence-corrected chi connectivity index (χ2v) is 10.3. The third-order valence-corrected chi connectivity index (χ3v) is 6.67. The van der Waals surface area contributed by atoms with E-state index in [0.29, 0.717) is 22.8 Å². The van der Waals surface area contributed by atoms with Gasteiger partial charge in [0.1, 0.15) is 17.5 Å². The summed E-state index contributed by atoms with van der Waals surface area (Å²) in [5.41, 5.74) is 2.78. The molecule has 2 atom stereocenters. The van der Waals surface area contributed by atoms with Crippen LogP contribution in [-0.4, -0.2) is 28.4 Å². The van der Waals surface area contributed by atoms with Gasteiger partial charge >= 0.3 is 5.97 Å². The van der Waals surface area contributed by atoms with Crippen LogP contribution in [0.1, 0.15) is 66.0 Å². The third kappa shape index (κ3) is 5.18.